The number of hydrogen-bond donors (Lipinski definition) is 1. The molecule has 0 heterocycles. The second-order valence-corrected chi connectivity index (χ2v) is 11.7. The Bertz CT molecular complexity index is 1380. The molecule has 0 aliphatic carbocycles. The van der Waals surface area contributed by atoms with E-state index in [1.807, 2.05) is 65.0 Å². The van der Waals surface area contributed by atoms with E-state index >= 15 is 0 Å². The number of ether oxygens (including phenoxy) is 1. The second kappa shape index (κ2) is 14.0. The third-order valence-corrected chi connectivity index (χ3v) is 8.11. The minimum Gasteiger partial charge on any atom is -0.492 e. The van der Waals surface area contributed by atoms with E-state index in [1.165, 1.54) is 17.0 Å². The van der Waals surface area contributed by atoms with Crippen molar-refractivity contribution in [1.82, 2.24) is 10.2 Å². The lowest BCUT2D eigenvalue weighted by atomic mass is 10.1. The van der Waals surface area contributed by atoms with Crippen molar-refractivity contribution in [2.75, 3.05) is 17.5 Å². The normalized spacial score (nSPS) is 12.1. The average molecular weight is 566 g/mol. The van der Waals surface area contributed by atoms with E-state index in [4.69, 9.17) is 4.74 Å². The summed E-state index contributed by atoms with van der Waals surface area (Å²) in [5.74, 6) is -0.450. The first-order chi connectivity index (χ1) is 19.1. The Morgan fingerprint density at radius 3 is 2.12 bits per heavy atom. The Morgan fingerprint density at radius 2 is 1.52 bits per heavy atom. The quantitative estimate of drug-likeness (QED) is 0.317. The van der Waals surface area contributed by atoms with Crippen molar-refractivity contribution in [3.05, 3.63) is 90.0 Å². The molecule has 1 atom stereocenters. The number of carbonyl (C=O) groups is 2. The Morgan fingerprint density at radius 1 is 0.900 bits per heavy atom. The first-order valence-corrected chi connectivity index (χ1v) is 15.0. The van der Waals surface area contributed by atoms with Crippen LogP contribution in [0.5, 0.6) is 5.75 Å². The fraction of sp³-hybridized carbons (Fsp3) is 0.355. The van der Waals surface area contributed by atoms with E-state index < -0.39 is 28.5 Å². The highest BCUT2D eigenvalue weighted by Gasteiger charge is 2.34. The molecule has 0 aliphatic heterocycles. The van der Waals surface area contributed by atoms with Gasteiger partial charge in [-0.3, -0.25) is 13.9 Å². The van der Waals surface area contributed by atoms with Gasteiger partial charge >= 0.3 is 0 Å². The van der Waals surface area contributed by atoms with Crippen LogP contribution in [0.2, 0.25) is 0 Å². The van der Waals surface area contributed by atoms with Gasteiger partial charge in [-0.2, -0.15) is 0 Å². The zero-order valence-corrected chi connectivity index (χ0v) is 24.6. The molecule has 2 amide bonds. The van der Waals surface area contributed by atoms with Crippen LogP contribution in [0.25, 0.3) is 0 Å². The molecule has 214 valence electrons. The summed E-state index contributed by atoms with van der Waals surface area (Å²) in [5.41, 5.74) is 1.99. The number of benzene rings is 3. The Balaban J connectivity index is 2.10. The molecule has 3 aromatic rings. The molecule has 8 nitrogen and oxygen atoms in total. The van der Waals surface area contributed by atoms with Gasteiger partial charge in [0.05, 0.1) is 17.2 Å². The lowest BCUT2D eigenvalue weighted by molar-refractivity contribution is -0.140. The highest BCUT2D eigenvalue weighted by Crippen LogP contribution is 2.33. The summed E-state index contributed by atoms with van der Waals surface area (Å²) in [7, 11) is -4.18. The fourth-order valence-electron chi connectivity index (χ4n) is 4.37. The van der Waals surface area contributed by atoms with Gasteiger partial charge in [0, 0.05) is 12.6 Å². The molecule has 0 unspecified atom stereocenters. The van der Waals surface area contributed by atoms with Crippen LogP contribution in [-0.4, -0.2) is 50.4 Å². The van der Waals surface area contributed by atoms with E-state index in [0.29, 0.717) is 18.8 Å². The minimum atomic E-state index is -4.18. The molecule has 1 N–H and O–H groups in total. The second-order valence-electron chi connectivity index (χ2n) is 9.82. The van der Waals surface area contributed by atoms with Crippen LogP contribution in [0.4, 0.5) is 5.69 Å². The first-order valence-electron chi connectivity index (χ1n) is 13.5. The Kier molecular flexibility index (Phi) is 10.7. The molecule has 0 bridgehead atoms. The lowest BCUT2D eigenvalue weighted by Crippen LogP contribution is -2.53. The number of nitrogens with zero attached hydrogens (tertiary/aromatic N) is 2. The molecule has 0 aromatic heterocycles. The van der Waals surface area contributed by atoms with Crippen molar-refractivity contribution >= 4 is 27.5 Å². The highest BCUT2D eigenvalue weighted by molar-refractivity contribution is 7.92. The SMILES string of the molecule is CCOc1ccccc1N(CC(=O)N(Cc1ccccc1)[C@@H](CC)C(=O)NC(C)C)S(=O)(=O)c1ccc(C)cc1. The van der Waals surface area contributed by atoms with Crippen LogP contribution in [-0.2, 0) is 26.2 Å². The van der Waals surface area contributed by atoms with Crippen LogP contribution < -0.4 is 14.4 Å². The first kappa shape index (κ1) is 30.7. The summed E-state index contributed by atoms with van der Waals surface area (Å²) >= 11 is 0. The van der Waals surface area contributed by atoms with Gasteiger partial charge in [-0.15, -0.1) is 0 Å². The van der Waals surface area contributed by atoms with Crippen molar-refractivity contribution in [2.45, 2.75) is 64.6 Å². The predicted octanol–water partition coefficient (Wildman–Crippen LogP) is 4.92. The number of nitrogens with one attached hydrogen (secondary N) is 1. The average Bonchev–Trinajstić information content (AvgIpc) is 2.92. The summed E-state index contributed by atoms with van der Waals surface area (Å²) in [5, 5.41) is 2.90. The maximum absolute atomic E-state index is 14.1. The van der Waals surface area contributed by atoms with Gasteiger partial charge in [0.1, 0.15) is 18.3 Å². The summed E-state index contributed by atoms with van der Waals surface area (Å²) in [6.45, 7) is 9.17. The van der Waals surface area contributed by atoms with E-state index in [1.54, 1.807) is 36.4 Å². The molecular weight excluding hydrogens is 526 g/mol. The monoisotopic (exact) mass is 565 g/mol. The van der Waals surface area contributed by atoms with E-state index in [9.17, 15) is 18.0 Å². The molecular formula is C31H39N3O5S. The van der Waals surface area contributed by atoms with Gasteiger partial charge in [-0.25, -0.2) is 8.42 Å². The van der Waals surface area contributed by atoms with E-state index in [2.05, 4.69) is 5.32 Å². The van der Waals surface area contributed by atoms with Crippen molar-refractivity contribution in [3.63, 3.8) is 0 Å². The van der Waals surface area contributed by atoms with Crippen LogP contribution in [0, 0.1) is 6.92 Å². The molecule has 3 aromatic carbocycles. The number of hydrogen-bond acceptors (Lipinski definition) is 5. The molecule has 0 aliphatic rings. The Hall–Kier alpha value is -3.85. The zero-order chi connectivity index (χ0) is 29.3. The molecule has 0 fully saturated rings. The van der Waals surface area contributed by atoms with Crippen molar-refractivity contribution < 1.29 is 22.7 Å². The van der Waals surface area contributed by atoms with Gasteiger partial charge < -0.3 is 15.0 Å². The number of carbonyl (C=O) groups excluding carboxylic acids is 2. The lowest BCUT2D eigenvalue weighted by Gasteiger charge is -2.34. The van der Waals surface area contributed by atoms with Crippen LogP contribution in [0.15, 0.2) is 83.8 Å². The maximum atomic E-state index is 14.1. The molecule has 0 saturated heterocycles. The summed E-state index contributed by atoms with van der Waals surface area (Å²) < 4.78 is 35.0. The molecule has 3 rings (SSSR count). The van der Waals surface area contributed by atoms with Crippen molar-refractivity contribution in [1.29, 1.82) is 0 Å². The molecule has 0 saturated carbocycles. The summed E-state index contributed by atoms with van der Waals surface area (Å²) in [6, 6.07) is 21.7. The minimum absolute atomic E-state index is 0.0522. The molecule has 0 radical (unpaired) electrons. The third kappa shape index (κ3) is 7.63. The maximum Gasteiger partial charge on any atom is 0.264 e. The van der Waals surface area contributed by atoms with Gasteiger partial charge in [0.2, 0.25) is 11.8 Å². The number of aryl methyl sites for hydroxylation is 1. The molecule has 9 heteroatoms. The number of anilines is 1. The topological polar surface area (TPSA) is 96.0 Å². The molecule has 40 heavy (non-hydrogen) atoms. The van der Waals surface area contributed by atoms with Crippen molar-refractivity contribution in [3.8, 4) is 5.75 Å². The van der Waals surface area contributed by atoms with Crippen LogP contribution >= 0.6 is 0 Å². The van der Waals surface area contributed by atoms with Crippen LogP contribution in [0.3, 0.4) is 0 Å². The van der Waals surface area contributed by atoms with E-state index in [-0.39, 0.29) is 29.1 Å². The zero-order valence-electron chi connectivity index (χ0n) is 23.8. The summed E-state index contributed by atoms with van der Waals surface area (Å²) in [6.07, 6.45) is 0.359. The van der Waals surface area contributed by atoms with Gasteiger partial charge in [-0.05, 0) is 63.9 Å². The highest BCUT2D eigenvalue weighted by atomic mass is 32.2. The van der Waals surface area contributed by atoms with Crippen LogP contribution in [0.1, 0.15) is 45.2 Å². The molecule has 0 spiro atoms. The largest absolute Gasteiger partial charge is 0.492 e. The standard InChI is InChI=1S/C31H39N3O5S/c1-6-27(31(36)32-23(3)4)33(21-25-13-9-8-10-14-25)30(35)22-34(28-15-11-12-16-29(28)39-7-2)40(37,38)26-19-17-24(5)18-20-26/h8-20,23,27H,6-7,21-22H2,1-5H3,(H,32,36)/t27-/m0/s1. The van der Waals surface area contributed by atoms with E-state index in [0.717, 1.165) is 15.4 Å². The van der Waals surface area contributed by atoms with Gasteiger partial charge in [0.25, 0.3) is 10.0 Å². The third-order valence-electron chi connectivity index (χ3n) is 6.33. The number of amides is 2. The number of rotatable bonds is 13. The number of sulfonamides is 1. The Labute approximate surface area is 238 Å². The number of para-hydroxylation sites is 2. The smallest absolute Gasteiger partial charge is 0.264 e. The summed E-state index contributed by atoms with van der Waals surface area (Å²) in [4.78, 5) is 28.8. The van der Waals surface area contributed by atoms with Gasteiger partial charge in [0.15, 0.2) is 0 Å². The van der Waals surface area contributed by atoms with Gasteiger partial charge in [-0.1, -0.05) is 67.1 Å². The fourth-order valence-corrected chi connectivity index (χ4v) is 5.80. The predicted molar refractivity (Wildman–Crippen MR) is 158 cm³/mol. The van der Waals surface area contributed by atoms with Crippen molar-refractivity contribution in [2.24, 2.45) is 0 Å².